The predicted octanol–water partition coefficient (Wildman–Crippen LogP) is 0.789. The van der Waals surface area contributed by atoms with Gasteiger partial charge in [-0.15, -0.1) is 0 Å². The summed E-state index contributed by atoms with van der Waals surface area (Å²) in [6.45, 7) is 8.92. The molecular formula is C14H18N+. The van der Waals surface area contributed by atoms with Crippen LogP contribution in [0.2, 0.25) is 0 Å². The van der Waals surface area contributed by atoms with Crippen molar-refractivity contribution in [3.05, 3.63) is 33.3 Å². The van der Waals surface area contributed by atoms with Gasteiger partial charge in [0, 0.05) is 24.0 Å². The van der Waals surface area contributed by atoms with Crippen molar-refractivity contribution >= 4 is 6.58 Å². The Labute approximate surface area is 90.8 Å². The van der Waals surface area contributed by atoms with Crippen LogP contribution in [-0.4, -0.2) is 13.1 Å². The molecular weight excluding hydrogens is 182 g/mol. The van der Waals surface area contributed by atoms with E-state index in [-0.39, 0.29) is 0 Å². The molecule has 1 nitrogen and oxygen atoms in total. The summed E-state index contributed by atoms with van der Waals surface area (Å²) in [4.78, 5) is 0. The molecule has 0 saturated carbocycles. The Kier molecular flexibility index (Phi) is 1.95. The maximum absolute atomic E-state index is 4.17. The molecule has 0 aromatic heterocycles. The van der Waals surface area contributed by atoms with Gasteiger partial charge in [0.05, 0.1) is 0 Å². The third-order valence-electron chi connectivity index (χ3n) is 3.92. The lowest BCUT2D eigenvalue weighted by atomic mass is 9.92. The maximum Gasteiger partial charge on any atom is 0.206 e. The molecule has 0 bridgehead atoms. The van der Waals surface area contributed by atoms with Gasteiger partial charge >= 0.3 is 0 Å². The highest BCUT2D eigenvalue weighted by Gasteiger charge is 2.24. The molecule has 2 aliphatic rings. The van der Waals surface area contributed by atoms with E-state index in [1.165, 1.54) is 49.6 Å². The molecule has 1 aromatic rings. The second kappa shape index (κ2) is 3.19. The monoisotopic (exact) mass is 200 g/mol. The first-order chi connectivity index (χ1) is 7.27. The first-order valence-corrected chi connectivity index (χ1v) is 5.99. The summed E-state index contributed by atoms with van der Waals surface area (Å²) in [7, 11) is 0. The number of aryl methyl sites for hydroxylation is 1. The average molecular weight is 200 g/mol. The number of benzene rings is 1. The average Bonchev–Trinajstić information content (AvgIpc) is 2.26. The Morgan fingerprint density at radius 2 is 1.93 bits per heavy atom. The fourth-order valence-corrected chi connectivity index (χ4v) is 3.09. The number of hydrogen-bond donors (Lipinski definition) is 0. The van der Waals surface area contributed by atoms with E-state index in [9.17, 15) is 0 Å². The molecule has 1 aromatic carbocycles. The van der Waals surface area contributed by atoms with Crippen LogP contribution in [0.15, 0.2) is 6.07 Å². The molecule has 0 amide bonds. The molecule has 0 N–H and O–H groups in total. The molecule has 2 heterocycles. The Hall–Kier alpha value is -1.11. The summed E-state index contributed by atoms with van der Waals surface area (Å²) in [5.41, 5.74) is 4.57. The van der Waals surface area contributed by atoms with E-state index < -0.39 is 0 Å². The van der Waals surface area contributed by atoms with E-state index in [2.05, 4.69) is 24.1 Å². The van der Waals surface area contributed by atoms with Crippen LogP contribution in [0.1, 0.15) is 29.5 Å². The summed E-state index contributed by atoms with van der Waals surface area (Å²) in [6, 6.07) is 2.31. The van der Waals surface area contributed by atoms with Crippen molar-refractivity contribution in [2.45, 2.75) is 32.6 Å². The quantitative estimate of drug-likeness (QED) is 0.545. The van der Waals surface area contributed by atoms with Gasteiger partial charge in [-0.05, 0) is 36.6 Å². The van der Waals surface area contributed by atoms with E-state index in [1.807, 2.05) is 0 Å². The van der Waals surface area contributed by atoms with Gasteiger partial charge in [-0.25, -0.2) is 4.58 Å². The zero-order valence-corrected chi connectivity index (χ0v) is 9.47. The SMILES string of the molecule is C=c1cc2c3c(c1C)CCC[N+]=3CCC2. The zero-order chi connectivity index (χ0) is 10.4. The van der Waals surface area contributed by atoms with Gasteiger partial charge < -0.3 is 0 Å². The van der Waals surface area contributed by atoms with Crippen LogP contribution >= 0.6 is 0 Å². The van der Waals surface area contributed by atoms with Crippen molar-refractivity contribution in [3.63, 3.8) is 0 Å². The number of rotatable bonds is 0. The third kappa shape index (κ3) is 1.26. The Morgan fingerprint density at radius 3 is 2.73 bits per heavy atom. The minimum absolute atomic E-state index is 1.24. The Bertz CT molecular complexity index is 521. The first-order valence-electron chi connectivity index (χ1n) is 5.99. The largest absolute Gasteiger partial charge is 0.229 e. The standard InChI is InChI=1S/C14H18N/c1-10-9-12-5-3-7-15-8-4-6-13(11(10)2)14(12)15/h9H,1,3-8H2,2H3/q+1. The molecule has 0 spiro atoms. The van der Waals surface area contributed by atoms with Gasteiger partial charge in [-0.2, -0.15) is 0 Å². The van der Waals surface area contributed by atoms with E-state index in [0.29, 0.717) is 0 Å². The number of hydrogen-bond acceptors (Lipinski definition) is 0. The van der Waals surface area contributed by atoms with Crippen LogP contribution in [0.3, 0.4) is 0 Å². The lowest BCUT2D eigenvalue weighted by Gasteiger charge is -2.19. The second-order valence-corrected chi connectivity index (χ2v) is 4.84. The van der Waals surface area contributed by atoms with Crippen molar-refractivity contribution < 1.29 is 0 Å². The van der Waals surface area contributed by atoms with Gasteiger partial charge in [-0.1, -0.05) is 6.58 Å². The van der Waals surface area contributed by atoms with E-state index in [4.69, 9.17) is 0 Å². The summed E-state index contributed by atoms with van der Waals surface area (Å²) < 4.78 is 2.59. The second-order valence-electron chi connectivity index (χ2n) is 4.84. The minimum Gasteiger partial charge on any atom is -0.229 e. The smallest absolute Gasteiger partial charge is 0.206 e. The molecule has 78 valence electrons. The summed E-state index contributed by atoms with van der Waals surface area (Å²) in [5, 5.41) is 2.81. The molecule has 2 aliphatic heterocycles. The van der Waals surface area contributed by atoms with Gasteiger partial charge in [0.1, 0.15) is 13.1 Å². The van der Waals surface area contributed by atoms with Crippen molar-refractivity contribution in [2.75, 3.05) is 13.1 Å². The predicted molar refractivity (Wildman–Crippen MR) is 63.6 cm³/mol. The van der Waals surface area contributed by atoms with Crippen LogP contribution in [0.4, 0.5) is 0 Å². The molecule has 15 heavy (non-hydrogen) atoms. The normalized spacial score (nSPS) is 18.9. The first kappa shape index (κ1) is 9.14. The van der Waals surface area contributed by atoms with Crippen LogP contribution in [0.25, 0.3) is 6.58 Å². The lowest BCUT2D eigenvalue weighted by Crippen LogP contribution is -2.45. The highest BCUT2D eigenvalue weighted by molar-refractivity contribution is 5.35. The fourth-order valence-electron chi connectivity index (χ4n) is 3.09. The fraction of sp³-hybridized carbons (Fsp3) is 0.500. The van der Waals surface area contributed by atoms with Crippen molar-refractivity contribution in [1.29, 1.82) is 0 Å². The molecule has 0 aliphatic carbocycles. The molecule has 0 unspecified atom stereocenters. The topological polar surface area (TPSA) is 3.01 Å². The molecule has 3 rings (SSSR count). The Morgan fingerprint density at radius 1 is 1.20 bits per heavy atom. The van der Waals surface area contributed by atoms with Crippen LogP contribution in [-0.2, 0) is 12.8 Å². The van der Waals surface area contributed by atoms with Crippen LogP contribution in [0.5, 0.6) is 0 Å². The zero-order valence-electron chi connectivity index (χ0n) is 9.47. The van der Waals surface area contributed by atoms with Gasteiger partial charge in [0.25, 0.3) is 0 Å². The van der Waals surface area contributed by atoms with Crippen molar-refractivity contribution in [2.24, 2.45) is 0 Å². The third-order valence-corrected chi connectivity index (χ3v) is 3.92. The van der Waals surface area contributed by atoms with Crippen LogP contribution in [0, 0.1) is 6.92 Å². The highest BCUT2D eigenvalue weighted by atomic mass is 15.0. The minimum atomic E-state index is 1.24. The van der Waals surface area contributed by atoms with E-state index >= 15 is 0 Å². The molecule has 0 radical (unpaired) electrons. The van der Waals surface area contributed by atoms with Crippen LogP contribution < -0.4 is 15.2 Å². The van der Waals surface area contributed by atoms with Crippen molar-refractivity contribution in [3.8, 4) is 0 Å². The molecule has 0 saturated heterocycles. The summed E-state index contributed by atoms with van der Waals surface area (Å²) >= 11 is 0. The molecule has 0 atom stereocenters. The van der Waals surface area contributed by atoms with E-state index in [1.54, 1.807) is 16.5 Å². The van der Waals surface area contributed by atoms with Gasteiger partial charge in [-0.3, -0.25) is 0 Å². The lowest BCUT2D eigenvalue weighted by molar-refractivity contribution is 0.479. The van der Waals surface area contributed by atoms with Crippen molar-refractivity contribution in [1.82, 2.24) is 4.58 Å². The highest BCUT2D eigenvalue weighted by Crippen LogP contribution is 2.11. The van der Waals surface area contributed by atoms with Gasteiger partial charge in [0.15, 0.2) is 0 Å². The molecule has 1 heteroatoms. The summed E-state index contributed by atoms with van der Waals surface area (Å²) in [6.07, 6.45) is 5.14. The molecule has 0 fully saturated rings. The maximum atomic E-state index is 4.17. The van der Waals surface area contributed by atoms with E-state index in [0.717, 1.165) is 0 Å². The Balaban J connectivity index is 2.47. The summed E-state index contributed by atoms with van der Waals surface area (Å²) in [5.74, 6) is 0. The number of nitrogens with zero attached hydrogens (tertiary/aromatic N) is 1. The van der Waals surface area contributed by atoms with Gasteiger partial charge in [0.2, 0.25) is 5.36 Å².